The summed E-state index contributed by atoms with van der Waals surface area (Å²) in [7, 11) is -6.96. The van der Waals surface area contributed by atoms with Crippen LogP contribution in [-0.2, 0) is 19.9 Å². The van der Waals surface area contributed by atoms with Crippen LogP contribution < -0.4 is 0 Å². The fourth-order valence-electron chi connectivity index (χ4n) is 3.49. The molecule has 1 fully saturated rings. The number of benzene rings is 2. The van der Waals surface area contributed by atoms with Crippen molar-refractivity contribution in [3.63, 3.8) is 0 Å². The van der Waals surface area contributed by atoms with Crippen molar-refractivity contribution in [3.05, 3.63) is 42.5 Å². The van der Waals surface area contributed by atoms with Gasteiger partial charge in [0.15, 0.2) is 9.84 Å². The third kappa shape index (κ3) is 2.96. The third-order valence-electron chi connectivity index (χ3n) is 4.68. The van der Waals surface area contributed by atoms with Crippen molar-refractivity contribution in [2.75, 3.05) is 18.1 Å². The molecule has 2 aromatic rings. The van der Waals surface area contributed by atoms with Gasteiger partial charge in [-0.25, -0.2) is 16.8 Å². The maximum Gasteiger partial charge on any atom is 0.243 e. The lowest BCUT2D eigenvalue weighted by atomic mass is 10.0. The Balaban J connectivity index is 2.06. The molecule has 0 unspecified atom stereocenters. The molecule has 5 nitrogen and oxygen atoms in total. The van der Waals surface area contributed by atoms with Crippen molar-refractivity contribution < 1.29 is 16.8 Å². The van der Waals surface area contributed by atoms with E-state index in [9.17, 15) is 16.8 Å². The first-order chi connectivity index (χ1) is 11.2. The van der Waals surface area contributed by atoms with E-state index in [1.54, 1.807) is 32.0 Å². The lowest BCUT2D eigenvalue weighted by molar-refractivity contribution is 0.243. The van der Waals surface area contributed by atoms with Crippen molar-refractivity contribution in [2.24, 2.45) is 0 Å². The SMILES string of the molecule is CCN([C@]1(C)CCS(=O)(=O)C1)S(=O)(=O)c1ccc2ccccc2c1. The first-order valence-electron chi connectivity index (χ1n) is 7.90. The lowest BCUT2D eigenvalue weighted by Gasteiger charge is -2.35. The van der Waals surface area contributed by atoms with Gasteiger partial charge in [0, 0.05) is 12.1 Å². The molecule has 0 radical (unpaired) electrons. The number of sulfonamides is 1. The molecule has 3 rings (SSSR count). The largest absolute Gasteiger partial charge is 0.243 e. The standard InChI is InChI=1S/C17H21NO4S2/c1-3-18(17(2)10-11-23(19,20)13-17)24(21,22)16-9-8-14-6-4-5-7-15(14)12-16/h4-9,12H,3,10-11,13H2,1-2H3/t17-/m1/s1. The molecule has 1 saturated heterocycles. The summed E-state index contributed by atoms with van der Waals surface area (Å²) in [5, 5.41) is 1.81. The van der Waals surface area contributed by atoms with E-state index in [1.165, 1.54) is 4.31 Å². The minimum Gasteiger partial charge on any atom is -0.229 e. The van der Waals surface area contributed by atoms with Crippen molar-refractivity contribution >= 4 is 30.6 Å². The molecule has 0 amide bonds. The second kappa shape index (κ2) is 5.82. The van der Waals surface area contributed by atoms with Crippen LogP contribution in [0.1, 0.15) is 20.3 Å². The Labute approximate surface area is 143 Å². The van der Waals surface area contributed by atoms with Crippen molar-refractivity contribution in [1.82, 2.24) is 4.31 Å². The van der Waals surface area contributed by atoms with Crippen LogP contribution in [0, 0.1) is 0 Å². The highest BCUT2D eigenvalue weighted by Crippen LogP contribution is 2.34. The first kappa shape index (κ1) is 17.4. The number of rotatable bonds is 4. The Bertz CT molecular complexity index is 983. The molecule has 1 atom stereocenters. The number of nitrogens with zero attached hydrogens (tertiary/aromatic N) is 1. The molecule has 1 aliphatic heterocycles. The van der Waals surface area contributed by atoms with Gasteiger partial charge in [0.1, 0.15) is 0 Å². The summed E-state index contributed by atoms with van der Waals surface area (Å²) in [6, 6.07) is 12.6. The summed E-state index contributed by atoms with van der Waals surface area (Å²) in [5.41, 5.74) is -0.891. The summed E-state index contributed by atoms with van der Waals surface area (Å²) in [6.45, 7) is 3.70. The van der Waals surface area contributed by atoms with E-state index in [0.717, 1.165) is 10.8 Å². The van der Waals surface area contributed by atoms with Gasteiger partial charge in [-0.2, -0.15) is 4.31 Å². The van der Waals surface area contributed by atoms with Gasteiger partial charge in [0.2, 0.25) is 10.0 Å². The van der Waals surface area contributed by atoms with Gasteiger partial charge in [-0.15, -0.1) is 0 Å². The molecule has 24 heavy (non-hydrogen) atoms. The van der Waals surface area contributed by atoms with Crippen molar-refractivity contribution in [1.29, 1.82) is 0 Å². The Kier molecular flexibility index (Phi) is 4.22. The van der Waals surface area contributed by atoms with Crippen LogP contribution in [0.3, 0.4) is 0 Å². The van der Waals surface area contributed by atoms with Crippen molar-refractivity contribution in [2.45, 2.75) is 30.7 Å². The summed E-state index contributed by atoms with van der Waals surface area (Å²) in [5.74, 6) is -0.0894. The van der Waals surface area contributed by atoms with Crippen LogP contribution in [0.25, 0.3) is 10.8 Å². The Hall–Kier alpha value is -1.44. The Morgan fingerprint density at radius 1 is 1.12 bits per heavy atom. The summed E-state index contributed by atoms with van der Waals surface area (Å²) >= 11 is 0. The maximum atomic E-state index is 13.1. The second-order valence-corrected chi connectivity index (χ2v) is 10.6. The van der Waals surface area contributed by atoms with E-state index in [0.29, 0.717) is 6.42 Å². The molecule has 1 heterocycles. The number of hydrogen-bond acceptors (Lipinski definition) is 4. The van der Waals surface area contributed by atoms with Gasteiger partial charge < -0.3 is 0 Å². The molecule has 0 bridgehead atoms. The number of fused-ring (bicyclic) bond motifs is 1. The fourth-order valence-corrected chi connectivity index (χ4v) is 7.56. The predicted molar refractivity (Wildman–Crippen MR) is 95.2 cm³/mol. The number of sulfone groups is 1. The molecule has 7 heteroatoms. The van der Waals surface area contributed by atoms with Gasteiger partial charge in [0.25, 0.3) is 0 Å². The molecule has 0 aliphatic carbocycles. The van der Waals surface area contributed by atoms with Crippen LogP contribution in [0.4, 0.5) is 0 Å². The lowest BCUT2D eigenvalue weighted by Crippen LogP contribution is -2.50. The second-order valence-electron chi connectivity index (χ2n) is 6.52. The molecule has 0 spiro atoms. The van der Waals surface area contributed by atoms with Gasteiger partial charge in [-0.3, -0.25) is 0 Å². The number of hydrogen-bond donors (Lipinski definition) is 0. The van der Waals surface area contributed by atoms with Crippen LogP contribution in [0.15, 0.2) is 47.4 Å². The highest BCUT2D eigenvalue weighted by molar-refractivity contribution is 7.92. The highest BCUT2D eigenvalue weighted by atomic mass is 32.2. The monoisotopic (exact) mass is 367 g/mol. The zero-order valence-corrected chi connectivity index (χ0v) is 15.4. The quantitative estimate of drug-likeness (QED) is 0.832. The topological polar surface area (TPSA) is 71.5 Å². The fraction of sp³-hybridized carbons (Fsp3) is 0.412. The van der Waals surface area contributed by atoms with E-state index >= 15 is 0 Å². The van der Waals surface area contributed by atoms with E-state index in [1.807, 2.05) is 24.3 Å². The molecule has 0 saturated carbocycles. The summed E-state index contributed by atoms with van der Waals surface area (Å²) < 4.78 is 51.4. The zero-order valence-electron chi connectivity index (χ0n) is 13.8. The van der Waals surface area contributed by atoms with Gasteiger partial charge in [0.05, 0.1) is 16.4 Å². The predicted octanol–water partition coefficient (Wildman–Crippen LogP) is 2.43. The summed E-state index contributed by atoms with van der Waals surface area (Å²) in [6.07, 6.45) is 0.329. The molecule has 0 N–H and O–H groups in total. The first-order valence-corrected chi connectivity index (χ1v) is 11.2. The van der Waals surface area contributed by atoms with Gasteiger partial charge in [-0.1, -0.05) is 37.3 Å². The molecule has 130 valence electrons. The minimum absolute atomic E-state index is 0.0350. The molecule has 0 aromatic heterocycles. The Morgan fingerprint density at radius 2 is 1.79 bits per heavy atom. The smallest absolute Gasteiger partial charge is 0.229 e. The molecule has 2 aromatic carbocycles. The van der Waals surface area contributed by atoms with E-state index in [2.05, 4.69) is 0 Å². The van der Waals surface area contributed by atoms with Crippen molar-refractivity contribution in [3.8, 4) is 0 Å². The van der Waals surface area contributed by atoms with Crippen LogP contribution in [0.5, 0.6) is 0 Å². The average molecular weight is 367 g/mol. The zero-order chi connectivity index (χ0) is 17.6. The normalized spacial score (nSPS) is 23.8. The van der Waals surface area contributed by atoms with Gasteiger partial charge >= 0.3 is 0 Å². The minimum atomic E-state index is -3.77. The van der Waals surface area contributed by atoms with E-state index in [-0.39, 0.29) is 22.9 Å². The maximum absolute atomic E-state index is 13.1. The molecule has 1 aliphatic rings. The summed E-state index contributed by atoms with van der Waals surface area (Å²) in [4.78, 5) is 0.202. The molecular weight excluding hydrogens is 346 g/mol. The van der Waals surface area contributed by atoms with Crippen LogP contribution >= 0.6 is 0 Å². The molecular formula is C17H21NO4S2. The Morgan fingerprint density at radius 3 is 2.38 bits per heavy atom. The van der Waals surface area contributed by atoms with E-state index < -0.39 is 25.4 Å². The highest BCUT2D eigenvalue weighted by Gasteiger charge is 2.47. The van der Waals surface area contributed by atoms with Gasteiger partial charge in [-0.05, 0) is 36.2 Å². The third-order valence-corrected chi connectivity index (χ3v) is 8.70. The van der Waals surface area contributed by atoms with Crippen LogP contribution in [0.2, 0.25) is 0 Å². The van der Waals surface area contributed by atoms with Crippen LogP contribution in [-0.4, -0.2) is 44.7 Å². The average Bonchev–Trinajstić information content (AvgIpc) is 2.81. The van der Waals surface area contributed by atoms with E-state index in [4.69, 9.17) is 0 Å².